The highest BCUT2D eigenvalue weighted by molar-refractivity contribution is 5.94. The highest BCUT2D eigenvalue weighted by Gasteiger charge is 2.46. The molecule has 0 aliphatic heterocycles. The van der Waals surface area contributed by atoms with Crippen LogP contribution < -0.4 is 21.3 Å². The maximum absolute atomic E-state index is 15.1. The molecule has 0 saturated carbocycles. The second-order valence-corrected chi connectivity index (χ2v) is 15.3. The molecule has 3 aromatic carbocycles. The molecule has 0 bridgehead atoms. The number of carbonyl (C=O) groups is 2. The molecule has 2 amide bonds. The first kappa shape index (κ1) is 41.0. The van der Waals surface area contributed by atoms with Crippen LogP contribution in [0.4, 0.5) is 23.2 Å². The first-order valence-electron chi connectivity index (χ1n) is 19.5. The number of carbonyl (C=O) groups excluding carboxylic acids is 2. The molecule has 2 aromatic heterocycles. The number of fused-ring (bicyclic) bond motifs is 4. The number of nitrogens with zero attached hydrogens (tertiary/aromatic N) is 1. The number of hydrogen-bond acceptors (Lipinski definition) is 5. The molecule has 0 radical (unpaired) electrons. The Labute approximate surface area is 330 Å². The summed E-state index contributed by atoms with van der Waals surface area (Å²) in [6.07, 6.45) is -1.22. The minimum absolute atomic E-state index is 0.0254. The molecule has 8 nitrogen and oxygen atoms in total. The fourth-order valence-electron chi connectivity index (χ4n) is 7.85. The van der Waals surface area contributed by atoms with Gasteiger partial charge in [-0.15, -0.1) is 0 Å². The van der Waals surface area contributed by atoms with E-state index in [0.717, 1.165) is 22.7 Å². The number of amides is 2. The lowest BCUT2D eigenvalue weighted by atomic mass is 9.77. The summed E-state index contributed by atoms with van der Waals surface area (Å²) in [4.78, 5) is 36.0. The topological polar surface area (TPSA) is 111 Å². The van der Waals surface area contributed by atoms with E-state index in [4.69, 9.17) is 0 Å². The molecule has 5 N–H and O–H groups in total. The van der Waals surface area contributed by atoms with Gasteiger partial charge in [-0.3, -0.25) is 14.6 Å². The Morgan fingerprint density at radius 3 is 2.26 bits per heavy atom. The van der Waals surface area contributed by atoms with Crippen molar-refractivity contribution < 1.29 is 27.2 Å². The normalized spacial score (nSPS) is 17.5. The van der Waals surface area contributed by atoms with Gasteiger partial charge in [0.25, 0.3) is 0 Å². The monoisotopic (exact) mass is 782 g/mol. The Bertz CT molecular complexity index is 2300. The van der Waals surface area contributed by atoms with Crippen LogP contribution in [0.25, 0.3) is 21.8 Å². The lowest BCUT2D eigenvalue weighted by Crippen LogP contribution is -2.63. The van der Waals surface area contributed by atoms with E-state index in [1.807, 2.05) is 58.0 Å². The number of pyridine rings is 1. The van der Waals surface area contributed by atoms with Crippen molar-refractivity contribution in [3.63, 3.8) is 0 Å². The fraction of sp³-hybridized carbons (Fsp3) is 0.356. The zero-order valence-corrected chi connectivity index (χ0v) is 32.7. The summed E-state index contributed by atoms with van der Waals surface area (Å²) in [6.45, 7) is 16.7. The number of para-hydroxylation sites is 1. The van der Waals surface area contributed by atoms with Crippen LogP contribution in [0.3, 0.4) is 0 Å². The summed E-state index contributed by atoms with van der Waals surface area (Å²) in [5.74, 6) is -1.52. The maximum Gasteiger partial charge on any atom is 0.418 e. The molecule has 0 saturated heterocycles. The zero-order valence-electron chi connectivity index (χ0n) is 32.7. The van der Waals surface area contributed by atoms with E-state index in [9.17, 15) is 22.4 Å². The number of anilines is 1. The Morgan fingerprint density at radius 2 is 1.56 bits per heavy atom. The number of benzene rings is 3. The lowest BCUT2D eigenvalue weighted by Gasteiger charge is -2.42. The van der Waals surface area contributed by atoms with Crippen LogP contribution in [-0.4, -0.2) is 39.4 Å². The Kier molecular flexibility index (Phi) is 12.1. The number of rotatable bonds is 15. The number of aryl methyl sites for hydroxylation is 1. The molecule has 2 heterocycles. The number of aromatic amines is 1. The van der Waals surface area contributed by atoms with E-state index in [2.05, 4.69) is 44.4 Å². The molecular formula is C45H50F4N6O2. The van der Waals surface area contributed by atoms with Gasteiger partial charge >= 0.3 is 6.18 Å². The van der Waals surface area contributed by atoms with Crippen molar-refractivity contribution in [1.82, 2.24) is 25.9 Å². The SMILES string of the molecule is C=C(N[C@]1(C(=O)N[C@H](C(=C)Nc2cccc3ncccc23)C(C)CC)CCc2[nH]c3c(C(F)(F)F)cccc3c2C1)[C@@H](NC(=O)Cc1ccccc1F)C(C)CC. The predicted octanol–water partition coefficient (Wildman–Crippen LogP) is 9.14. The molecule has 0 fully saturated rings. The van der Waals surface area contributed by atoms with Gasteiger partial charge in [-0.25, -0.2) is 4.39 Å². The van der Waals surface area contributed by atoms with Crippen LogP contribution in [0, 0.1) is 17.7 Å². The Balaban J connectivity index is 1.36. The van der Waals surface area contributed by atoms with Crippen molar-refractivity contribution in [2.24, 2.45) is 11.8 Å². The molecule has 5 aromatic rings. The lowest BCUT2D eigenvalue weighted by molar-refractivity contribution is -0.136. The highest BCUT2D eigenvalue weighted by atomic mass is 19.4. The number of aromatic nitrogens is 2. The molecule has 57 heavy (non-hydrogen) atoms. The van der Waals surface area contributed by atoms with Crippen molar-refractivity contribution in [2.75, 3.05) is 5.32 Å². The largest absolute Gasteiger partial charge is 0.418 e. The molecule has 1 aliphatic carbocycles. The van der Waals surface area contributed by atoms with Crippen molar-refractivity contribution in [3.05, 3.63) is 132 Å². The third-order valence-corrected chi connectivity index (χ3v) is 11.5. The highest BCUT2D eigenvalue weighted by Crippen LogP contribution is 2.41. The van der Waals surface area contributed by atoms with Crippen molar-refractivity contribution in [1.29, 1.82) is 0 Å². The number of H-pyrrole nitrogens is 1. The third kappa shape index (κ3) is 8.69. The minimum Gasteiger partial charge on any atom is -0.373 e. The van der Waals surface area contributed by atoms with Gasteiger partial charge in [-0.1, -0.05) is 90.1 Å². The van der Waals surface area contributed by atoms with E-state index < -0.39 is 41.1 Å². The molecule has 2 unspecified atom stereocenters. The van der Waals surface area contributed by atoms with E-state index in [1.54, 1.807) is 30.5 Å². The van der Waals surface area contributed by atoms with E-state index >= 15 is 4.79 Å². The predicted molar refractivity (Wildman–Crippen MR) is 218 cm³/mol. The number of alkyl halides is 3. The minimum atomic E-state index is -4.59. The van der Waals surface area contributed by atoms with Crippen molar-refractivity contribution in [2.45, 2.75) is 90.0 Å². The number of halogens is 4. The van der Waals surface area contributed by atoms with Crippen LogP contribution in [0.15, 0.2) is 104 Å². The smallest absolute Gasteiger partial charge is 0.373 e. The Hall–Kier alpha value is -5.65. The molecule has 6 rings (SSSR count). The molecular weight excluding hydrogens is 733 g/mol. The summed E-state index contributed by atoms with van der Waals surface area (Å²) >= 11 is 0. The first-order chi connectivity index (χ1) is 27.2. The second-order valence-electron chi connectivity index (χ2n) is 15.3. The number of nitrogens with one attached hydrogen (secondary N) is 5. The standard InChI is InChI=1S/C45H50F4N6O2/c1-7-26(3)40(28(5)51-37-20-12-19-36-32(37)16-13-23-50-36)54-43(57)44(22-21-38-33(25-44)31-15-11-17-34(42(31)52-38)45(47,48)49)55-29(6)41(27(4)8-2)53-39(56)24-30-14-9-10-18-35(30)46/h9-20,23,26-27,40-41,51-52,55H,5-8,21-22,24-25H2,1-4H3,(H,53,56)(H,54,57)/t26?,27?,40-,41-,44+/m0/s1. The van der Waals surface area contributed by atoms with Gasteiger partial charge in [0, 0.05) is 46.2 Å². The van der Waals surface area contributed by atoms with Gasteiger partial charge in [0.1, 0.15) is 11.4 Å². The van der Waals surface area contributed by atoms with E-state index in [0.29, 0.717) is 40.9 Å². The average molecular weight is 783 g/mol. The van der Waals surface area contributed by atoms with Crippen LogP contribution >= 0.6 is 0 Å². The van der Waals surface area contributed by atoms with Gasteiger partial charge in [0.2, 0.25) is 11.8 Å². The van der Waals surface area contributed by atoms with Crippen LogP contribution in [0.2, 0.25) is 0 Å². The van der Waals surface area contributed by atoms with E-state index in [1.165, 1.54) is 12.1 Å². The van der Waals surface area contributed by atoms with Crippen molar-refractivity contribution in [3.8, 4) is 0 Å². The van der Waals surface area contributed by atoms with Gasteiger partial charge in [0.05, 0.1) is 35.1 Å². The molecule has 300 valence electrons. The van der Waals surface area contributed by atoms with Crippen LogP contribution in [0.1, 0.15) is 69.3 Å². The first-order valence-corrected chi connectivity index (χ1v) is 19.5. The quantitative estimate of drug-likeness (QED) is 0.0681. The summed E-state index contributed by atoms with van der Waals surface area (Å²) in [5.41, 5.74) is 1.76. The van der Waals surface area contributed by atoms with Crippen LogP contribution in [-0.2, 0) is 35.0 Å². The molecule has 1 aliphatic rings. The maximum atomic E-state index is 15.1. The fourth-order valence-corrected chi connectivity index (χ4v) is 7.85. The third-order valence-electron chi connectivity index (χ3n) is 11.5. The van der Waals surface area contributed by atoms with Gasteiger partial charge in [-0.2, -0.15) is 13.2 Å². The summed E-state index contributed by atoms with van der Waals surface area (Å²) in [5, 5.41) is 14.5. The van der Waals surface area contributed by atoms with Gasteiger partial charge < -0.3 is 26.3 Å². The zero-order chi connectivity index (χ0) is 41.1. The Morgan fingerprint density at radius 1 is 0.877 bits per heavy atom. The second kappa shape index (κ2) is 16.8. The van der Waals surface area contributed by atoms with E-state index in [-0.39, 0.29) is 54.5 Å². The van der Waals surface area contributed by atoms with Gasteiger partial charge in [-0.05, 0) is 72.2 Å². The molecule has 5 atom stereocenters. The molecule has 12 heteroatoms. The van der Waals surface area contributed by atoms with Crippen LogP contribution in [0.5, 0.6) is 0 Å². The molecule has 0 spiro atoms. The summed E-state index contributed by atoms with van der Waals surface area (Å²) in [7, 11) is 0. The summed E-state index contributed by atoms with van der Waals surface area (Å²) in [6, 6.07) is 18.4. The van der Waals surface area contributed by atoms with Crippen molar-refractivity contribution >= 4 is 39.3 Å². The number of hydrogen-bond donors (Lipinski definition) is 5. The van der Waals surface area contributed by atoms with Gasteiger partial charge in [0.15, 0.2) is 0 Å². The summed E-state index contributed by atoms with van der Waals surface area (Å²) < 4.78 is 57.1. The average Bonchev–Trinajstić information content (AvgIpc) is 3.56.